The molecule has 0 bridgehead atoms. The van der Waals surface area contributed by atoms with Gasteiger partial charge in [-0.3, -0.25) is 9.69 Å². The Bertz CT molecular complexity index is 563. The van der Waals surface area contributed by atoms with Crippen molar-refractivity contribution in [2.75, 3.05) is 39.3 Å². The van der Waals surface area contributed by atoms with Crippen LogP contribution in [-0.2, 0) is 16.1 Å². The molecule has 1 aromatic rings. The molecular weight excluding hydrogens is 421 g/mol. The van der Waals surface area contributed by atoms with Crippen LogP contribution in [0.1, 0.15) is 50.5 Å². The van der Waals surface area contributed by atoms with E-state index in [4.69, 9.17) is 4.74 Å². The van der Waals surface area contributed by atoms with Gasteiger partial charge in [0.15, 0.2) is 0 Å². The van der Waals surface area contributed by atoms with Crippen LogP contribution in [0, 0.1) is 5.92 Å². The summed E-state index contributed by atoms with van der Waals surface area (Å²) in [6.07, 6.45) is 7.63. The van der Waals surface area contributed by atoms with Crippen LogP contribution in [0.5, 0.6) is 0 Å². The summed E-state index contributed by atoms with van der Waals surface area (Å²) in [5, 5.41) is 6.43. The highest BCUT2D eigenvalue weighted by atomic mass is 35.5. The maximum absolute atomic E-state index is 12.0. The number of nitrogens with one attached hydrogen (secondary N) is 2. The first-order valence-electron chi connectivity index (χ1n) is 11.1. The first-order chi connectivity index (χ1) is 13.8. The van der Waals surface area contributed by atoms with E-state index in [1.165, 1.54) is 18.4 Å². The van der Waals surface area contributed by atoms with Crippen molar-refractivity contribution in [2.24, 2.45) is 5.92 Å². The average Bonchev–Trinajstić information content (AvgIpc) is 2.75. The van der Waals surface area contributed by atoms with Gasteiger partial charge in [-0.2, -0.15) is 0 Å². The molecule has 2 aliphatic heterocycles. The molecule has 172 valence electrons. The van der Waals surface area contributed by atoms with Gasteiger partial charge >= 0.3 is 0 Å². The van der Waals surface area contributed by atoms with E-state index in [1.54, 1.807) is 0 Å². The fourth-order valence-corrected chi connectivity index (χ4v) is 4.22. The van der Waals surface area contributed by atoms with Gasteiger partial charge in [0, 0.05) is 39.2 Å². The number of likely N-dealkylation sites (tertiary alicyclic amines) is 1. The molecule has 0 aliphatic carbocycles. The van der Waals surface area contributed by atoms with Gasteiger partial charge in [0.25, 0.3) is 0 Å². The number of hydrogen-bond donors (Lipinski definition) is 2. The van der Waals surface area contributed by atoms with Gasteiger partial charge in [-0.1, -0.05) is 30.3 Å². The second-order valence-corrected chi connectivity index (χ2v) is 8.27. The zero-order valence-corrected chi connectivity index (χ0v) is 19.7. The lowest BCUT2D eigenvalue weighted by molar-refractivity contribution is -0.121. The zero-order valence-electron chi connectivity index (χ0n) is 18.0. The maximum Gasteiger partial charge on any atom is 0.220 e. The number of ether oxygens (including phenoxy) is 1. The van der Waals surface area contributed by atoms with Gasteiger partial charge in [-0.15, -0.1) is 24.8 Å². The minimum absolute atomic E-state index is 0. The predicted octanol–water partition coefficient (Wildman–Crippen LogP) is 3.80. The van der Waals surface area contributed by atoms with E-state index in [9.17, 15) is 4.79 Å². The third kappa shape index (κ3) is 10.5. The van der Waals surface area contributed by atoms with Crippen LogP contribution in [0.15, 0.2) is 30.3 Å². The molecular formula is C23H39Cl2N3O2. The molecule has 0 saturated carbocycles. The molecule has 2 fully saturated rings. The Morgan fingerprint density at radius 3 is 2.47 bits per heavy atom. The van der Waals surface area contributed by atoms with Gasteiger partial charge in [-0.05, 0) is 63.1 Å². The number of amides is 1. The van der Waals surface area contributed by atoms with Crippen LogP contribution in [-0.4, -0.2) is 56.2 Å². The molecule has 2 heterocycles. The molecule has 1 amide bonds. The molecule has 7 heteroatoms. The van der Waals surface area contributed by atoms with Gasteiger partial charge in [0.1, 0.15) is 0 Å². The molecule has 2 N–H and O–H groups in total. The molecule has 0 atom stereocenters. The van der Waals surface area contributed by atoms with E-state index in [2.05, 4.69) is 45.9 Å². The number of rotatable bonds is 10. The number of halogens is 2. The highest BCUT2D eigenvalue weighted by Crippen LogP contribution is 2.18. The van der Waals surface area contributed by atoms with Gasteiger partial charge < -0.3 is 15.4 Å². The Balaban J connectivity index is 0.00000225. The van der Waals surface area contributed by atoms with Gasteiger partial charge in [0.05, 0.1) is 6.10 Å². The van der Waals surface area contributed by atoms with E-state index >= 15 is 0 Å². The van der Waals surface area contributed by atoms with Crippen molar-refractivity contribution in [3.63, 3.8) is 0 Å². The SMILES string of the molecule is Cl.Cl.O=C(CCC1CCNCC1)NCCCOC1CCN(Cc2ccccc2)CC1. The third-order valence-electron chi connectivity index (χ3n) is 6.02. The van der Waals surface area contributed by atoms with E-state index in [1.807, 2.05) is 0 Å². The molecule has 2 aliphatic rings. The Kier molecular flexibility index (Phi) is 14.4. The van der Waals surface area contributed by atoms with Crippen molar-refractivity contribution in [1.29, 1.82) is 0 Å². The lowest BCUT2D eigenvalue weighted by Gasteiger charge is -2.32. The van der Waals surface area contributed by atoms with E-state index in [-0.39, 0.29) is 30.7 Å². The summed E-state index contributed by atoms with van der Waals surface area (Å²) < 4.78 is 6.03. The van der Waals surface area contributed by atoms with Crippen LogP contribution < -0.4 is 10.6 Å². The van der Waals surface area contributed by atoms with E-state index in [0.29, 0.717) is 12.5 Å². The van der Waals surface area contributed by atoms with Crippen molar-refractivity contribution in [3.05, 3.63) is 35.9 Å². The first-order valence-corrected chi connectivity index (χ1v) is 11.1. The zero-order chi connectivity index (χ0) is 19.4. The predicted molar refractivity (Wildman–Crippen MR) is 128 cm³/mol. The fourth-order valence-electron chi connectivity index (χ4n) is 4.22. The molecule has 0 spiro atoms. The first kappa shape index (κ1) is 27.2. The molecule has 30 heavy (non-hydrogen) atoms. The molecule has 5 nitrogen and oxygen atoms in total. The number of hydrogen-bond acceptors (Lipinski definition) is 4. The topological polar surface area (TPSA) is 53.6 Å². The lowest BCUT2D eigenvalue weighted by Crippen LogP contribution is -2.37. The lowest BCUT2D eigenvalue weighted by atomic mass is 9.93. The minimum atomic E-state index is 0. The fraction of sp³-hybridized carbons (Fsp3) is 0.696. The monoisotopic (exact) mass is 459 g/mol. The van der Waals surface area contributed by atoms with Crippen molar-refractivity contribution >= 4 is 30.7 Å². The number of piperidine rings is 2. The summed E-state index contributed by atoms with van der Waals surface area (Å²) in [4.78, 5) is 14.5. The smallest absolute Gasteiger partial charge is 0.220 e. The van der Waals surface area contributed by atoms with Crippen molar-refractivity contribution < 1.29 is 9.53 Å². The van der Waals surface area contributed by atoms with Crippen LogP contribution in [0.4, 0.5) is 0 Å². The number of nitrogens with zero attached hydrogens (tertiary/aromatic N) is 1. The third-order valence-corrected chi connectivity index (χ3v) is 6.02. The summed E-state index contributed by atoms with van der Waals surface area (Å²) in [7, 11) is 0. The van der Waals surface area contributed by atoms with Gasteiger partial charge in [0.2, 0.25) is 5.91 Å². The van der Waals surface area contributed by atoms with Gasteiger partial charge in [-0.25, -0.2) is 0 Å². The minimum Gasteiger partial charge on any atom is -0.378 e. The summed E-state index contributed by atoms with van der Waals surface area (Å²) >= 11 is 0. The molecule has 1 aromatic carbocycles. The summed E-state index contributed by atoms with van der Waals surface area (Å²) in [5.74, 6) is 0.927. The maximum atomic E-state index is 12.0. The molecule has 0 aromatic heterocycles. The second kappa shape index (κ2) is 15.9. The van der Waals surface area contributed by atoms with Crippen LogP contribution in [0.3, 0.4) is 0 Å². The Morgan fingerprint density at radius 2 is 1.77 bits per heavy atom. The normalized spacial score (nSPS) is 18.3. The quantitative estimate of drug-likeness (QED) is 0.522. The molecule has 3 rings (SSSR count). The van der Waals surface area contributed by atoms with Crippen molar-refractivity contribution in [2.45, 2.75) is 57.6 Å². The van der Waals surface area contributed by atoms with Crippen molar-refractivity contribution in [1.82, 2.24) is 15.5 Å². The van der Waals surface area contributed by atoms with Crippen LogP contribution in [0.25, 0.3) is 0 Å². The molecule has 0 radical (unpaired) electrons. The summed E-state index contributed by atoms with van der Waals surface area (Å²) in [6.45, 7) is 6.94. The highest BCUT2D eigenvalue weighted by Gasteiger charge is 2.19. The standard InChI is InChI=1S/C23H37N3O2.2ClH/c27-23(8-7-20-9-14-24-15-10-20)25-13-4-18-28-22-11-16-26(17-12-22)19-21-5-2-1-3-6-21;;/h1-3,5-6,20,22,24H,4,7-19H2,(H,25,27);2*1H. The van der Waals surface area contributed by atoms with Crippen LogP contribution in [0.2, 0.25) is 0 Å². The highest BCUT2D eigenvalue weighted by molar-refractivity contribution is 5.85. The number of carbonyl (C=O) groups excluding carboxylic acids is 1. The average molecular weight is 460 g/mol. The Morgan fingerprint density at radius 1 is 1.07 bits per heavy atom. The van der Waals surface area contributed by atoms with Crippen LogP contribution >= 0.6 is 24.8 Å². The molecule has 0 unspecified atom stereocenters. The largest absolute Gasteiger partial charge is 0.378 e. The Hall–Kier alpha value is -0.850. The summed E-state index contributed by atoms with van der Waals surface area (Å²) in [6, 6.07) is 10.7. The van der Waals surface area contributed by atoms with E-state index < -0.39 is 0 Å². The van der Waals surface area contributed by atoms with E-state index in [0.717, 1.165) is 77.5 Å². The number of carbonyl (C=O) groups is 1. The Labute approximate surface area is 194 Å². The summed E-state index contributed by atoms with van der Waals surface area (Å²) in [5.41, 5.74) is 1.39. The number of benzene rings is 1. The molecule has 2 saturated heterocycles. The van der Waals surface area contributed by atoms with Crippen molar-refractivity contribution in [3.8, 4) is 0 Å². The second-order valence-electron chi connectivity index (χ2n) is 8.27.